The molecule has 138 valence electrons. The van der Waals surface area contributed by atoms with E-state index in [0.29, 0.717) is 0 Å². The molecule has 0 spiro atoms. The Morgan fingerprint density at radius 2 is 2.04 bits per heavy atom. The monoisotopic (exact) mass is 364 g/mol. The highest BCUT2D eigenvalue weighted by Crippen LogP contribution is 2.26. The molecule has 1 amide bonds. The van der Waals surface area contributed by atoms with Crippen LogP contribution in [0.25, 0.3) is 0 Å². The summed E-state index contributed by atoms with van der Waals surface area (Å²) in [7, 11) is 0. The molecule has 1 unspecified atom stereocenters. The maximum atomic E-state index is 12.2. The molecule has 0 aromatic heterocycles. The smallest absolute Gasteiger partial charge is 0.422 e. The number of nitrogens with zero attached hydrogens (tertiary/aromatic N) is 1. The van der Waals surface area contributed by atoms with Gasteiger partial charge in [-0.2, -0.15) is 13.2 Å². The van der Waals surface area contributed by atoms with Crippen LogP contribution in [-0.2, 0) is 4.79 Å². The van der Waals surface area contributed by atoms with Gasteiger partial charge in [-0.25, -0.2) is 0 Å². The van der Waals surface area contributed by atoms with Gasteiger partial charge in [0.15, 0.2) is 6.61 Å². The molecule has 0 heterocycles. The number of halogens is 3. The molecule has 0 radical (unpaired) electrons. The number of benzene rings is 1. The van der Waals surface area contributed by atoms with Crippen LogP contribution in [0.3, 0.4) is 0 Å². The number of hydrogen-bond donors (Lipinski definition) is 2. The number of aliphatic carboxylic acids is 1. The van der Waals surface area contributed by atoms with Gasteiger partial charge < -0.3 is 15.2 Å². The lowest BCUT2D eigenvalue weighted by Crippen LogP contribution is -2.33. The fourth-order valence-electron chi connectivity index (χ4n) is 1.82. The Balaban J connectivity index is 2.94. The molecule has 1 aromatic rings. The highest BCUT2D eigenvalue weighted by molar-refractivity contribution is 5.98. The fraction of sp³-hybridized carbons (Fsp3) is 0.429. The van der Waals surface area contributed by atoms with E-state index in [1.165, 1.54) is 6.92 Å². The highest BCUT2D eigenvalue weighted by Gasteiger charge is 2.29. The standard InChI is InChI=1S/C14H15F3N2O6/c1-8(2-5-12(20)21)18-13(22)10-6-9(25-7-14(15,16)17)3-4-11(10)19(23)24/h3-4,6,8H,2,5,7H2,1H3,(H,18,22)(H,20,21). The number of nitrogens with one attached hydrogen (secondary N) is 1. The van der Waals surface area contributed by atoms with Crippen molar-refractivity contribution in [2.24, 2.45) is 0 Å². The normalized spacial score (nSPS) is 12.3. The van der Waals surface area contributed by atoms with Crippen molar-refractivity contribution in [2.45, 2.75) is 32.0 Å². The van der Waals surface area contributed by atoms with Crippen LogP contribution in [0, 0.1) is 10.1 Å². The summed E-state index contributed by atoms with van der Waals surface area (Å²) >= 11 is 0. The number of amides is 1. The number of carbonyl (C=O) groups excluding carboxylic acids is 1. The number of carbonyl (C=O) groups is 2. The van der Waals surface area contributed by atoms with Crippen molar-refractivity contribution in [1.82, 2.24) is 5.32 Å². The van der Waals surface area contributed by atoms with Gasteiger partial charge in [-0.1, -0.05) is 0 Å². The van der Waals surface area contributed by atoms with Crippen LogP contribution in [0.1, 0.15) is 30.1 Å². The van der Waals surface area contributed by atoms with Crippen molar-refractivity contribution in [3.63, 3.8) is 0 Å². The summed E-state index contributed by atoms with van der Waals surface area (Å²) in [6.45, 7) is -0.114. The van der Waals surface area contributed by atoms with Gasteiger partial charge in [-0.15, -0.1) is 0 Å². The fourth-order valence-corrected chi connectivity index (χ4v) is 1.82. The van der Waals surface area contributed by atoms with E-state index in [1.807, 2.05) is 0 Å². The molecule has 0 saturated carbocycles. The third-order valence-electron chi connectivity index (χ3n) is 2.98. The third-order valence-corrected chi connectivity index (χ3v) is 2.98. The molecule has 0 saturated heterocycles. The average Bonchev–Trinajstić information content (AvgIpc) is 2.49. The van der Waals surface area contributed by atoms with E-state index < -0.39 is 46.9 Å². The van der Waals surface area contributed by atoms with Crippen LogP contribution in [0.5, 0.6) is 5.75 Å². The molecule has 1 atom stereocenters. The molecule has 1 aromatic carbocycles. The predicted octanol–water partition coefficient (Wildman–Crippen LogP) is 2.52. The molecule has 0 fully saturated rings. The molecular formula is C14H15F3N2O6. The maximum Gasteiger partial charge on any atom is 0.422 e. The Hall–Kier alpha value is -2.85. The zero-order valence-electron chi connectivity index (χ0n) is 13.0. The minimum atomic E-state index is -4.60. The van der Waals surface area contributed by atoms with Crippen LogP contribution >= 0.6 is 0 Å². The van der Waals surface area contributed by atoms with Gasteiger partial charge in [-0.3, -0.25) is 19.7 Å². The quantitative estimate of drug-likeness (QED) is 0.540. The first-order valence-electron chi connectivity index (χ1n) is 7.00. The zero-order valence-corrected chi connectivity index (χ0v) is 13.0. The van der Waals surface area contributed by atoms with Crippen LogP contribution < -0.4 is 10.1 Å². The second-order valence-electron chi connectivity index (χ2n) is 5.15. The minimum Gasteiger partial charge on any atom is -0.484 e. The van der Waals surface area contributed by atoms with E-state index in [9.17, 15) is 32.9 Å². The van der Waals surface area contributed by atoms with Gasteiger partial charge in [0.2, 0.25) is 0 Å². The number of carboxylic acids is 1. The maximum absolute atomic E-state index is 12.2. The molecule has 0 aliphatic rings. The SMILES string of the molecule is CC(CCC(=O)O)NC(=O)c1cc(OCC(F)(F)F)ccc1[N+](=O)[O-]. The molecule has 0 aliphatic carbocycles. The second-order valence-corrected chi connectivity index (χ2v) is 5.15. The molecule has 0 aliphatic heterocycles. The summed E-state index contributed by atoms with van der Waals surface area (Å²) in [5.41, 5.74) is -1.09. The Labute approximate surface area is 139 Å². The Morgan fingerprint density at radius 3 is 2.56 bits per heavy atom. The van der Waals surface area contributed by atoms with Crippen molar-refractivity contribution < 1.29 is 37.5 Å². The topological polar surface area (TPSA) is 119 Å². The Kier molecular flexibility index (Phi) is 6.71. The molecular weight excluding hydrogens is 349 g/mol. The van der Waals surface area contributed by atoms with E-state index in [1.54, 1.807) is 0 Å². The second kappa shape index (κ2) is 8.31. The Bertz CT molecular complexity index is 662. The number of nitro benzene ring substituents is 1. The van der Waals surface area contributed by atoms with Gasteiger partial charge in [0, 0.05) is 18.5 Å². The zero-order chi connectivity index (χ0) is 19.2. The minimum absolute atomic E-state index is 0.0825. The summed E-state index contributed by atoms with van der Waals surface area (Å²) in [5, 5.41) is 21.9. The van der Waals surface area contributed by atoms with Crippen molar-refractivity contribution in [1.29, 1.82) is 0 Å². The molecule has 2 N–H and O–H groups in total. The van der Waals surface area contributed by atoms with Crippen molar-refractivity contribution in [3.05, 3.63) is 33.9 Å². The van der Waals surface area contributed by atoms with E-state index in [2.05, 4.69) is 10.1 Å². The van der Waals surface area contributed by atoms with Crippen LogP contribution in [0.2, 0.25) is 0 Å². The number of carboxylic acid groups (broad SMARTS) is 1. The van der Waals surface area contributed by atoms with Crippen LogP contribution in [-0.4, -0.2) is 40.7 Å². The van der Waals surface area contributed by atoms with Crippen LogP contribution in [0.4, 0.5) is 18.9 Å². The predicted molar refractivity (Wildman–Crippen MR) is 78.4 cm³/mol. The van der Waals surface area contributed by atoms with E-state index in [-0.39, 0.29) is 18.6 Å². The lowest BCUT2D eigenvalue weighted by molar-refractivity contribution is -0.385. The van der Waals surface area contributed by atoms with E-state index in [4.69, 9.17) is 5.11 Å². The number of alkyl halides is 3. The first-order valence-corrected chi connectivity index (χ1v) is 7.00. The van der Waals surface area contributed by atoms with Crippen molar-refractivity contribution >= 4 is 17.6 Å². The largest absolute Gasteiger partial charge is 0.484 e. The van der Waals surface area contributed by atoms with E-state index >= 15 is 0 Å². The van der Waals surface area contributed by atoms with E-state index in [0.717, 1.165) is 18.2 Å². The van der Waals surface area contributed by atoms with Crippen molar-refractivity contribution in [2.75, 3.05) is 6.61 Å². The molecule has 8 nitrogen and oxygen atoms in total. The van der Waals surface area contributed by atoms with Gasteiger partial charge in [0.1, 0.15) is 11.3 Å². The summed E-state index contributed by atoms with van der Waals surface area (Å²) in [6.07, 6.45) is -4.74. The molecule has 1 rings (SSSR count). The summed E-state index contributed by atoms with van der Waals surface area (Å²) in [5.74, 6) is -2.34. The van der Waals surface area contributed by atoms with Gasteiger partial charge in [0.05, 0.1) is 4.92 Å². The highest BCUT2D eigenvalue weighted by atomic mass is 19.4. The average molecular weight is 364 g/mol. The van der Waals surface area contributed by atoms with Gasteiger partial charge in [-0.05, 0) is 25.5 Å². The summed E-state index contributed by atoms with van der Waals surface area (Å²) in [6, 6.07) is 2.04. The number of nitro groups is 1. The first kappa shape index (κ1) is 20.2. The lowest BCUT2D eigenvalue weighted by atomic mass is 10.1. The van der Waals surface area contributed by atoms with Crippen LogP contribution in [0.15, 0.2) is 18.2 Å². The number of rotatable bonds is 8. The van der Waals surface area contributed by atoms with Gasteiger partial charge in [0.25, 0.3) is 11.6 Å². The summed E-state index contributed by atoms with van der Waals surface area (Å²) in [4.78, 5) is 32.8. The lowest BCUT2D eigenvalue weighted by Gasteiger charge is -2.14. The third kappa shape index (κ3) is 7.06. The molecule has 11 heteroatoms. The first-order chi connectivity index (χ1) is 11.5. The molecule has 25 heavy (non-hydrogen) atoms. The van der Waals surface area contributed by atoms with Gasteiger partial charge >= 0.3 is 12.1 Å². The number of hydrogen-bond acceptors (Lipinski definition) is 5. The molecule has 0 bridgehead atoms. The summed E-state index contributed by atoms with van der Waals surface area (Å²) < 4.78 is 41.0. The van der Waals surface area contributed by atoms with Crippen molar-refractivity contribution in [3.8, 4) is 5.75 Å². The number of ether oxygens (including phenoxy) is 1. The Morgan fingerprint density at radius 1 is 1.40 bits per heavy atom.